The average Bonchev–Trinajstić information content (AvgIpc) is 3.49. The molecule has 2 atom stereocenters. The van der Waals surface area contributed by atoms with Gasteiger partial charge in [0.1, 0.15) is 17.3 Å². The van der Waals surface area contributed by atoms with Gasteiger partial charge in [0.05, 0.1) is 30.8 Å². The van der Waals surface area contributed by atoms with Gasteiger partial charge in [-0.2, -0.15) is 0 Å². The number of rotatable bonds is 10. The number of imidazole rings is 1. The first kappa shape index (κ1) is 23.9. The van der Waals surface area contributed by atoms with Gasteiger partial charge in [-0.1, -0.05) is 48.5 Å². The first-order valence-electron chi connectivity index (χ1n) is 12.7. The van der Waals surface area contributed by atoms with E-state index in [0.29, 0.717) is 19.6 Å². The summed E-state index contributed by atoms with van der Waals surface area (Å²) in [5.74, 6) is 2.91. The fraction of sp³-hybridized carbons (Fsp3) is 0.333. The molecule has 0 N–H and O–H groups in total. The van der Waals surface area contributed by atoms with Gasteiger partial charge in [-0.3, -0.25) is 4.79 Å². The van der Waals surface area contributed by atoms with Crippen LogP contribution in [0.3, 0.4) is 0 Å². The lowest BCUT2D eigenvalue weighted by Crippen LogP contribution is -2.28. The number of aromatic nitrogens is 2. The number of carbonyl (C=O) groups excluding carboxylic acids is 1. The number of hydrogen-bond donors (Lipinski definition) is 0. The quantitative estimate of drug-likeness (QED) is 0.260. The van der Waals surface area contributed by atoms with Crippen LogP contribution in [0.5, 0.6) is 11.5 Å². The molecule has 2 heterocycles. The molecule has 186 valence electrons. The van der Waals surface area contributed by atoms with Crippen LogP contribution < -0.4 is 9.47 Å². The molecule has 1 aromatic heterocycles. The largest absolute Gasteiger partial charge is 0.497 e. The number of ether oxygens (including phenoxy) is 2. The van der Waals surface area contributed by atoms with Gasteiger partial charge in [-0.05, 0) is 49.6 Å². The molecule has 6 nitrogen and oxygen atoms in total. The third kappa shape index (κ3) is 5.08. The second kappa shape index (κ2) is 10.9. The second-order valence-corrected chi connectivity index (χ2v) is 9.38. The van der Waals surface area contributed by atoms with Crippen molar-refractivity contribution in [1.29, 1.82) is 0 Å². The molecule has 0 saturated carbocycles. The van der Waals surface area contributed by atoms with Crippen LogP contribution in [0.15, 0.2) is 78.9 Å². The van der Waals surface area contributed by atoms with Crippen molar-refractivity contribution in [2.45, 2.75) is 44.7 Å². The zero-order valence-electron chi connectivity index (χ0n) is 21.0. The molecule has 1 aliphatic heterocycles. The maximum absolute atomic E-state index is 13.0. The first-order valence-corrected chi connectivity index (χ1v) is 12.7. The smallest absolute Gasteiger partial charge is 0.223 e. The third-order valence-electron chi connectivity index (χ3n) is 7.04. The normalized spacial score (nSPS) is 16.4. The number of unbranched alkanes of at least 4 members (excludes halogenated alkanes) is 1. The van der Waals surface area contributed by atoms with Crippen molar-refractivity contribution >= 4 is 16.9 Å². The molecular formula is C30H33N3O3. The number of carbonyl (C=O) groups is 1. The number of nitrogens with zero attached hydrogens (tertiary/aromatic N) is 3. The average molecular weight is 484 g/mol. The van der Waals surface area contributed by atoms with E-state index in [1.807, 2.05) is 53.4 Å². The molecule has 2 unspecified atom stereocenters. The highest BCUT2D eigenvalue weighted by Gasteiger charge is 2.36. The van der Waals surface area contributed by atoms with Crippen LogP contribution >= 0.6 is 0 Å². The summed E-state index contributed by atoms with van der Waals surface area (Å²) in [5, 5.41) is 0. The summed E-state index contributed by atoms with van der Waals surface area (Å²) in [7, 11) is 1.66. The molecule has 36 heavy (non-hydrogen) atoms. The summed E-state index contributed by atoms with van der Waals surface area (Å²) in [6.07, 6.45) is 2.38. The molecule has 1 amide bonds. The molecule has 1 saturated heterocycles. The van der Waals surface area contributed by atoms with Crippen molar-refractivity contribution in [3.8, 4) is 11.5 Å². The Morgan fingerprint density at radius 3 is 2.58 bits per heavy atom. The monoisotopic (exact) mass is 483 g/mol. The number of likely N-dealkylation sites (tertiary alicyclic amines) is 1. The van der Waals surface area contributed by atoms with Gasteiger partial charge in [-0.15, -0.1) is 0 Å². The highest BCUT2D eigenvalue weighted by molar-refractivity contribution is 5.81. The molecule has 5 rings (SSSR count). The van der Waals surface area contributed by atoms with Crippen LogP contribution in [0, 0.1) is 0 Å². The number of benzene rings is 3. The maximum Gasteiger partial charge on any atom is 0.223 e. The third-order valence-corrected chi connectivity index (χ3v) is 7.04. The minimum Gasteiger partial charge on any atom is -0.497 e. The Morgan fingerprint density at radius 1 is 0.972 bits per heavy atom. The molecule has 4 aromatic rings. The summed E-state index contributed by atoms with van der Waals surface area (Å²) < 4.78 is 13.5. The molecule has 0 radical (unpaired) electrons. The van der Waals surface area contributed by atoms with Gasteiger partial charge < -0.3 is 18.9 Å². The molecule has 6 heteroatoms. The first-order chi connectivity index (χ1) is 17.6. The summed E-state index contributed by atoms with van der Waals surface area (Å²) in [5.41, 5.74) is 3.28. The van der Waals surface area contributed by atoms with E-state index in [4.69, 9.17) is 14.5 Å². The Balaban J connectivity index is 1.27. The number of aryl methyl sites for hydroxylation is 1. The molecule has 0 aliphatic carbocycles. The van der Waals surface area contributed by atoms with Crippen LogP contribution in [0.2, 0.25) is 0 Å². The van der Waals surface area contributed by atoms with E-state index in [2.05, 4.69) is 41.8 Å². The van der Waals surface area contributed by atoms with Crippen LogP contribution in [-0.2, 0) is 11.3 Å². The van der Waals surface area contributed by atoms with Gasteiger partial charge in [0.2, 0.25) is 5.91 Å². The second-order valence-electron chi connectivity index (χ2n) is 9.38. The van der Waals surface area contributed by atoms with Gasteiger partial charge in [0.15, 0.2) is 0 Å². The molecule has 1 fully saturated rings. The highest BCUT2D eigenvalue weighted by atomic mass is 16.5. The van der Waals surface area contributed by atoms with Crippen molar-refractivity contribution in [2.24, 2.45) is 0 Å². The van der Waals surface area contributed by atoms with Crippen LogP contribution in [-0.4, -0.2) is 40.6 Å². The van der Waals surface area contributed by atoms with Crippen molar-refractivity contribution < 1.29 is 14.3 Å². The Morgan fingerprint density at radius 2 is 1.75 bits per heavy atom. The summed E-state index contributed by atoms with van der Waals surface area (Å²) >= 11 is 0. The van der Waals surface area contributed by atoms with Gasteiger partial charge in [-0.25, -0.2) is 4.98 Å². The lowest BCUT2D eigenvalue weighted by molar-refractivity contribution is -0.129. The molecule has 0 bridgehead atoms. The van der Waals surface area contributed by atoms with Crippen LogP contribution in [0.1, 0.15) is 49.5 Å². The van der Waals surface area contributed by atoms with Crippen molar-refractivity contribution in [3.05, 3.63) is 90.3 Å². The van der Waals surface area contributed by atoms with E-state index in [1.54, 1.807) is 7.11 Å². The van der Waals surface area contributed by atoms with E-state index < -0.39 is 0 Å². The fourth-order valence-corrected chi connectivity index (χ4v) is 5.08. The van der Waals surface area contributed by atoms with Crippen molar-refractivity contribution in [2.75, 3.05) is 20.3 Å². The van der Waals surface area contributed by atoms with Crippen LogP contribution in [0.4, 0.5) is 0 Å². The Bertz CT molecular complexity index is 1320. The number of methoxy groups -OCH3 is 1. The zero-order chi connectivity index (χ0) is 24.9. The minimum atomic E-state index is 0.0512. The Labute approximate surface area is 212 Å². The van der Waals surface area contributed by atoms with Crippen LogP contribution in [0.25, 0.3) is 11.0 Å². The number of fused-ring (bicyclic) bond motifs is 1. The van der Waals surface area contributed by atoms with Crippen molar-refractivity contribution in [3.63, 3.8) is 0 Å². The Hall–Kier alpha value is -3.80. The summed E-state index contributed by atoms with van der Waals surface area (Å²) in [6, 6.07) is 26.3. The molecule has 1 aliphatic rings. The summed E-state index contributed by atoms with van der Waals surface area (Å²) in [4.78, 5) is 20.0. The van der Waals surface area contributed by atoms with E-state index in [-0.39, 0.29) is 17.9 Å². The molecule has 0 spiro atoms. The SMILES string of the molecule is COc1cccc(OCCCCn2c(C3CC(=O)N(C(C)c4ccccc4)C3)nc3ccccc32)c1. The van der Waals surface area contributed by atoms with E-state index in [0.717, 1.165) is 53.3 Å². The minimum absolute atomic E-state index is 0.0512. The van der Waals surface area contributed by atoms with E-state index >= 15 is 0 Å². The van der Waals surface area contributed by atoms with Crippen molar-refractivity contribution in [1.82, 2.24) is 14.5 Å². The highest BCUT2D eigenvalue weighted by Crippen LogP contribution is 2.35. The predicted molar refractivity (Wildman–Crippen MR) is 141 cm³/mol. The standard InChI is InChI=1S/C30H33N3O3/c1-22(23-11-4-3-5-12-23)33-21-24(19-29(33)34)30-31-27-15-6-7-16-28(27)32(30)17-8-9-18-36-26-14-10-13-25(20-26)35-2/h3-7,10-16,20,22,24H,8-9,17-19,21H2,1-2H3. The maximum atomic E-state index is 13.0. The topological polar surface area (TPSA) is 56.6 Å². The number of para-hydroxylation sites is 2. The fourth-order valence-electron chi connectivity index (χ4n) is 5.08. The van der Waals surface area contributed by atoms with Gasteiger partial charge >= 0.3 is 0 Å². The number of amides is 1. The lowest BCUT2D eigenvalue weighted by atomic mass is 10.1. The predicted octanol–water partition coefficient (Wildman–Crippen LogP) is 5.98. The van der Waals surface area contributed by atoms with Gasteiger partial charge in [0, 0.05) is 31.5 Å². The number of hydrogen-bond acceptors (Lipinski definition) is 4. The zero-order valence-corrected chi connectivity index (χ0v) is 21.0. The lowest BCUT2D eigenvalue weighted by Gasteiger charge is -2.25. The molecular weight excluding hydrogens is 450 g/mol. The molecule has 3 aromatic carbocycles. The van der Waals surface area contributed by atoms with E-state index in [9.17, 15) is 4.79 Å². The summed E-state index contributed by atoms with van der Waals surface area (Å²) in [6.45, 7) is 4.29. The van der Waals surface area contributed by atoms with E-state index in [1.165, 1.54) is 0 Å². The Kier molecular flexibility index (Phi) is 7.21. The van der Waals surface area contributed by atoms with Gasteiger partial charge in [0.25, 0.3) is 0 Å².